The van der Waals surface area contributed by atoms with Gasteiger partial charge in [0.15, 0.2) is 5.76 Å². The predicted octanol–water partition coefficient (Wildman–Crippen LogP) is 4.46. The fraction of sp³-hybridized carbons (Fsp3) is 0.273. The fourth-order valence-corrected chi connectivity index (χ4v) is 3.95. The molecule has 3 aromatic rings. The highest BCUT2D eigenvalue weighted by Crippen LogP contribution is 2.33. The predicted molar refractivity (Wildman–Crippen MR) is 112 cm³/mol. The molecule has 0 aliphatic carbocycles. The average Bonchev–Trinajstić information content (AvgIpc) is 3.08. The van der Waals surface area contributed by atoms with Crippen LogP contribution in [-0.4, -0.2) is 36.9 Å². The fourth-order valence-electron chi connectivity index (χ4n) is 2.98. The average molecular weight is 415 g/mol. The van der Waals surface area contributed by atoms with Crippen LogP contribution in [0.5, 0.6) is 0 Å². The van der Waals surface area contributed by atoms with Crippen LogP contribution in [-0.2, 0) is 10.5 Å². The highest BCUT2D eigenvalue weighted by atomic mass is 32.2. The quantitative estimate of drug-likeness (QED) is 0.437. The zero-order chi connectivity index (χ0) is 20.8. The number of thioether (sulfide) groups is 1. The molecule has 152 valence electrons. The van der Waals surface area contributed by atoms with E-state index in [2.05, 4.69) is 5.32 Å². The minimum absolute atomic E-state index is 0.0938. The molecule has 0 radical (unpaired) electrons. The highest BCUT2D eigenvalue weighted by Gasteiger charge is 2.23. The van der Waals surface area contributed by atoms with Gasteiger partial charge in [0, 0.05) is 48.7 Å². The van der Waals surface area contributed by atoms with Crippen molar-refractivity contribution in [3.63, 3.8) is 0 Å². The second-order valence-corrected chi connectivity index (χ2v) is 7.71. The normalized spacial score (nSPS) is 10.9. The number of para-hydroxylation sites is 1. The van der Waals surface area contributed by atoms with Gasteiger partial charge >= 0.3 is 0 Å². The van der Waals surface area contributed by atoms with Gasteiger partial charge in [-0.25, -0.2) is 4.39 Å². The van der Waals surface area contributed by atoms with E-state index in [4.69, 9.17) is 4.42 Å². The van der Waals surface area contributed by atoms with Crippen LogP contribution in [0.4, 0.5) is 4.39 Å². The van der Waals surface area contributed by atoms with Crippen LogP contribution < -0.4 is 5.32 Å². The molecule has 0 saturated carbocycles. The Hall–Kier alpha value is -2.80. The number of nitrogens with zero attached hydrogens (tertiary/aromatic N) is 1. The van der Waals surface area contributed by atoms with Gasteiger partial charge in [-0.3, -0.25) is 9.59 Å². The van der Waals surface area contributed by atoms with Crippen LogP contribution in [0.25, 0.3) is 11.0 Å². The zero-order valence-corrected chi connectivity index (χ0v) is 17.2. The lowest BCUT2D eigenvalue weighted by Crippen LogP contribution is -2.31. The molecule has 1 aromatic heterocycles. The van der Waals surface area contributed by atoms with E-state index in [1.807, 2.05) is 24.3 Å². The van der Waals surface area contributed by atoms with Gasteiger partial charge in [-0.15, -0.1) is 11.8 Å². The number of amides is 2. The Bertz CT molecular complexity index is 1020. The molecule has 0 atom stereocenters. The van der Waals surface area contributed by atoms with Crippen LogP contribution in [0.3, 0.4) is 0 Å². The molecule has 0 bridgehead atoms. The molecule has 1 N–H and O–H groups in total. The maximum atomic E-state index is 14.0. The number of furan rings is 1. The molecule has 2 amide bonds. The lowest BCUT2D eigenvalue weighted by atomic mass is 10.1. The van der Waals surface area contributed by atoms with Crippen molar-refractivity contribution in [1.29, 1.82) is 0 Å². The molecule has 0 fully saturated rings. The SMILES string of the molecule is CC(=O)NCCCN(C)C(=O)c1oc2ccccc2c1CSc1ccccc1F. The summed E-state index contributed by atoms with van der Waals surface area (Å²) in [5.41, 5.74) is 1.39. The molecule has 29 heavy (non-hydrogen) atoms. The van der Waals surface area contributed by atoms with Gasteiger partial charge in [0.1, 0.15) is 11.4 Å². The summed E-state index contributed by atoms with van der Waals surface area (Å²) in [6, 6.07) is 14.0. The van der Waals surface area contributed by atoms with Crippen molar-refractivity contribution in [3.8, 4) is 0 Å². The molecule has 3 rings (SSSR count). The Morgan fingerprint density at radius 3 is 2.62 bits per heavy atom. The second-order valence-electron chi connectivity index (χ2n) is 6.69. The molecule has 7 heteroatoms. The van der Waals surface area contributed by atoms with Crippen LogP contribution in [0.15, 0.2) is 57.8 Å². The third-order valence-corrected chi connectivity index (χ3v) is 5.57. The van der Waals surface area contributed by atoms with Crippen molar-refractivity contribution < 1.29 is 18.4 Å². The van der Waals surface area contributed by atoms with Gasteiger partial charge in [-0.05, 0) is 24.6 Å². The number of nitrogens with one attached hydrogen (secondary N) is 1. The molecule has 0 aliphatic heterocycles. The Morgan fingerprint density at radius 1 is 1.14 bits per heavy atom. The Balaban J connectivity index is 1.79. The van der Waals surface area contributed by atoms with Gasteiger partial charge in [0.2, 0.25) is 5.91 Å². The molecule has 0 aliphatic rings. The third-order valence-electron chi connectivity index (χ3n) is 4.49. The Labute approximate surface area is 173 Å². The van der Waals surface area contributed by atoms with Gasteiger partial charge in [0.05, 0.1) is 0 Å². The van der Waals surface area contributed by atoms with E-state index < -0.39 is 0 Å². The zero-order valence-electron chi connectivity index (χ0n) is 16.4. The first kappa shape index (κ1) is 20.9. The number of carbonyl (C=O) groups is 2. The number of rotatable bonds is 8. The molecule has 1 heterocycles. The summed E-state index contributed by atoms with van der Waals surface area (Å²) in [4.78, 5) is 26.1. The molecule has 0 unspecified atom stereocenters. The van der Waals surface area contributed by atoms with Crippen molar-refractivity contribution >= 4 is 34.5 Å². The number of carbonyl (C=O) groups excluding carboxylic acids is 2. The largest absolute Gasteiger partial charge is 0.451 e. The molecule has 0 spiro atoms. The molecular weight excluding hydrogens is 391 g/mol. The number of benzene rings is 2. The second kappa shape index (κ2) is 9.60. The third kappa shape index (κ3) is 5.17. The maximum absolute atomic E-state index is 14.0. The van der Waals surface area contributed by atoms with E-state index in [1.165, 1.54) is 24.8 Å². The molecule has 2 aromatic carbocycles. The van der Waals surface area contributed by atoms with Crippen molar-refractivity contribution in [3.05, 3.63) is 65.7 Å². The summed E-state index contributed by atoms with van der Waals surface area (Å²) in [5.74, 6) is 0.0841. The number of hydrogen-bond donors (Lipinski definition) is 1. The smallest absolute Gasteiger partial charge is 0.289 e. The first-order chi connectivity index (χ1) is 14.0. The van der Waals surface area contributed by atoms with Crippen LogP contribution in [0.2, 0.25) is 0 Å². The molecule has 5 nitrogen and oxygen atoms in total. The van der Waals surface area contributed by atoms with Crippen molar-refractivity contribution in [2.24, 2.45) is 0 Å². The first-order valence-corrected chi connectivity index (χ1v) is 10.3. The minimum Gasteiger partial charge on any atom is -0.451 e. The number of fused-ring (bicyclic) bond motifs is 1. The summed E-state index contributed by atoms with van der Waals surface area (Å²) < 4.78 is 19.9. The van der Waals surface area contributed by atoms with E-state index in [0.717, 1.165) is 10.9 Å². The summed E-state index contributed by atoms with van der Waals surface area (Å²) in [5, 5.41) is 3.57. The lowest BCUT2D eigenvalue weighted by molar-refractivity contribution is -0.118. The number of halogens is 1. The van der Waals surface area contributed by atoms with Crippen LogP contribution >= 0.6 is 11.8 Å². The van der Waals surface area contributed by atoms with Gasteiger partial charge < -0.3 is 14.6 Å². The standard InChI is InChI=1S/C22H23FN2O3S/c1-15(26)24-12-7-13-25(2)22(27)21-17(16-8-3-5-10-19(16)28-21)14-29-20-11-6-4-9-18(20)23/h3-6,8-11H,7,12-14H2,1-2H3,(H,24,26). The van der Waals surface area contributed by atoms with E-state index in [0.29, 0.717) is 35.7 Å². The lowest BCUT2D eigenvalue weighted by Gasteiger charge is -2.16. The molecule has 0 saturated heterocycles. The first-order valence-electron chi connectivity index (χ1n) is 9.35. The minimum atomic E-state index is -0.284. The Morgan fingerprint density at radius 2 is 1.86 bits per heavy atom. The van der Waals surface area contributed by atoms with Gasteiger partial charge in [-0.1, -0.05) is 30.3 Å². The topological polar surface area (TPSA) is 62.6 Å². The summed E-state index contributed by atoms with van der Waals surface area (Å²) in [7, 11) is 1.71. The van der Waals surface area contributed by atoms with Gasteiger partial charge in [-0.2, -0.15) is 0 Å². The number of hydrogen-bond acceptors (Lipinski definition) is 4. The van der Waals surface area contributed by atoms with Crippen LogP contribution in [0.1, 0.15) is 29.5 Å². The summed E-state index contributed by atoms with van der Waals surface area (Å²) >= 11 is 1.33. The highest BCUT2D eigenvalue weighted by molar-refractivity contribution is 7.98. The van der Waals surface area contributed by atoms with E-state index in [-0.39, 0.29) is 23.4 Å². The van der Waals surface area contributed by atoms with E-state index in [9.17, 15) is 14.0 Å². The summed E-state index contributed by atoms with van der Waals surface area (Å²) in [6.07, 6.45) is 0.640. The van der Waals surface area contributed by atoms with Crippen molar-refractivity contribution in [2.45, 2.75) is 24.0 Å². The summed E-state index contributed by atoms with van der Waals surface area (Å²) in [6.45, 7) is 2.45. The van der Waals surface area contributed by atoms with Crippen molar-refractivity contribution in [2.75, 3.05) is 20.1 Å². The van der Waals surface area contributed by atoms with Gasteiger partial charge in [0.25, 0.3) is 5.91 Å². The van der Waals surface area contributed by atoms with E-state index in [1.54, 1.807) is 30.1 Å². The molecular formula is C22H23FN2O3S. The van der Waals surface area contributed by atoms with E-state index >= 15 is 0 Å². The van der Waals surface area contributed by atoms with Crippen LogP contribution in [0, 0.1) is 5.82 Å². The van der Waals surface area contributed by atoms with Crippen molar-refractivity contribution in [1.82, 2.24) is 10.2 Å². The monoisotopic (exact) mass is 414 g/mol. The maximum Gasteiger partial charge on any atom is 0.289 e. The Kier molecular flexibility index (Phi) is 6.93.